The first kappa shape index (κ1) is 17.8. The van der Waals surface area contributed by atoms with Gasteiger partial charge in [0.2, 0.25) is 0 Å². The fourth-order valence-electron chi connectivity index (χ4n) is 2.21. The van der Waals surface area contributed by atoms with Crippen molar-refractivity contribution in [2.45, 2.75) is 26.7 Å². The third-order valence-electron chi connectivity index (χ3n) is 3.64. The van der Waals surface area contributed by atoms with Crippen molar-refractivity contribution in [2.75, 3.05) is 13.7 Å². The van der Waals surface area contributed by atoms with E-state index in [1.165, 1.54) is 0 Å². The Hall–Kier alpha value is -2.56. The summed E-state index contributed by atoms with van der Waals surface area (Å²) in [6.45, 7) is 5.73. The smallest absolute Gasteiger partial charge is 0.497 e. The average Bonchev–Trinajstić information content (AvgIpc) is 2.58. The van der Waals surface area contributed by atoms with Gasteiger partial charge in [-0.2, -0.15) is 0 Å². The van der Waals surface area contributed by atoms with Gasteiger partial charge in [0.25, 0.3) is 0 Å². The molecule has 2 aromatic carbocycles. The Morgan fingerprint density at radius 1 is 1.00 bits per heavy atom. The van der Waals surface area contributed by atoms with Crippen LogP contribution in [0.25, 0.3) is 10.8 Å². The highest BCUT2D eigenvalue weighted by molar-refractivity contribution is 5.89. The highest BCUT2D eigenvalue weighted by atomic mass is 16.7. The number of benzene rings is 2. The molecule has 0 saturated heterocycles. The maximum Gasteiger partial charge on any atom is 0.516 e. The lowest BCUT2D eigenvalue weighted by molar-refractivity contribution is -0.141. The second-order valence-electron chi connectivity index (χ2n) is 6.07. The molecule has 0 radical (unpaired) electrons. The molecule has 5 nitrogen and oxygen atoms in total. The predicted molar refractivity (Wildman–Crippen MR) is 91.2 cm³/mol. The van der Waals surface area contributed by atoms with E-state index in [0.717, 1.165) is 22.1 Å². The molecular formula is C19H22O5. The molecule has 0 N–H and O–H groups in total. The van der Waals surface area contributed by atoms with Crippen molar-refractivity contribution >= 4 is 22.9 Å². The van der Waals surface area contributed by atoms with Gasteiger partial charge in [-0.15, -0.1) is 0 Å². The number of hydrogen-bond donors (Lipinski definition) is 0. The van der Waals surface area contributed by atoms with Crippen molar-refractivity contribution in [3.63, 3.8) is 0 Å². The molecule has 0 unspecified atom stereocenters. The highest BCUT2D eigenvalue weighted by Crippen LogP contribution is 2.25. The third-order valence-corrected chi connectivity index (χ3v) is 3.64. The molecule has 0 fully saturated rings. The SMILES string of the molecule is COc1ccc2cc([C@H](C)C(=O)OC(=O)OCC(C)C)ccc2c1. The van der Waals surface area contributed by atoms with Gasteiger partial charge in [0.15, 0.2) is 0 Å². The summed E-state index contributed by atoms with van der Waals surface area (Å²) < 4.78 is 14.8. The van der Waals surface area contributed by atoms with Crippen molar-refractivity contribution in [1.82, 2.24) is 0 Å². The number of carbonyl (C=O) groups is 2. The summed E-state index contributed by atoms with van der Waals surface area (Å²) in [5.41, 5.74) is 0.773. The van der Waals surface area contributed by atoms with Gasteiger partial charge in [-0.3, -0.25) is 4.79 Å². The van der Waals surface area contributed by atoms with Crippen molar-refractivity contribution in [2.24, 2.45) is 5.92 Å². The molecule has 0 heterocycles. The van der Waals surface area contributed by atoms with Crippen LogP contribution in [0.15, 0.2) is 36.4 Å². The largest absolute Gasteiger partial charge is 0.516 e. The van der Waals surface area contributed by atoms with E-state index in [1.807, 2.05) is 50.2 Å². The van der Waals surface area contributed by atoms with Crippen LogP contribution in [0.3, 0.4) is 0 Å². The lowest BCUT2D eigenvalue weighted by atomic mass is 9.98. The molecule has 1 atom stereocenters. The minimum Gasteiger partial charge on any atom is -0.497 e. The van der Waals surface area contributed by atoms with E-state index in [2.05, 4.69) is 0 Å². The number of rotatable bonds is 5. The summed E-state index contributed by atoms with van der Waals surface area (Å²) >= 11 is 0. The molecule has 2 rings (SSSR count). The summed E-state index contributed by atoms with van der Waals surface area (Å²) in [5, 5.41) is 1.99. The van der Waals surface area contributed by atoms with Crippen LogP contribution < -0.4 is 4.74 Å². The van der Waals surface area contributed by atoms with E-state index in [4.69, 9.17) is 14.2 Å². The Labute approximate surface area is 141 Å². The van der Waals surface area contributed by atoms with Crippen LogP contribution >= 0.6 is 0 Å². The van der Waals surface area contributed by atoms with Crippen LogP contribution in [0.2, 0.25) is 0 Å². The maximum absolute atomic E-state index is 12.1. The molecule has 0 aliphatic carbocycles. The molecule has 24 heavy (non-hydrogen) atoms. The second-order valence-corrected chi connectivity index (χ2v) is 6.07. The Balaban J connectivity index is 2.08. The van der Waals surface area contributed by atoms with E-state index in [9.17, 15) is 9.59 Å². The van der Waals surface area contributed by atoms with Gasteiger partial charge in [0.05, 0.1) is 19.6 Å². The molecule has 0 aliphatic heterocycles. The van der Waals surface area contributed by atoms with Gasteiger partial charge in [0, 0.05) is 0 Å². The average molecular weight is 330 g/mol. The first-order valence-electron chi connectivity index (χ1n) is 7.87. The summed E-state index contributed by atoms with van der Waals surface area (Å²) in [5.74, 6) is -0.238. The number of fused-ring (bicyclic) bond motifs is 1. The predicted octanol–water partition coefficient (Wildman–Crippen LogP) is 4.29. The molecule has 0 spiro atoms. The lowest BCUT2D eigenvalue weighted by Crippen LogP contribution is -2.20. The van der Waals surface area contributed by atoms with E-state index in [-0.39, 0.29) is 12.5 Å². The highest BCUT2D eigenvalue weighted by Gasteiger charge is 2.21. The van der Waals surface area contributed by atoms with Crippen molar-refractivity contribution in [1.29, 1.82) is 0 Å². The lowest BCUT2D eigenvalue weighted by Gasteiger charge is -2.12. The van der Waals surface area contributed by atoms with Crippen molar-refractivity contribution in [3.8, 4) is 5.75 Å². The molecule has 0 amide bonds. The molecule has 0 bridgehead atoms. The third kappa shape index (κ3) is 4.47. The number of methoxy groups -OCH3 is 1. The van der Waals surface area contributed by atoms with Crippen LogP contribution in [0, 0.1) is 5.92 Å². The topological polar surface area (TPSA) is 61.8 Å². The normalized spacial score (nSPS) is 12.0. The van der Waals surface area contributed by atoms with Gasteiger partial charge < -0.3 is 14.2 Å². The summed E-state index contributed by atoms with van der Waals surface area (Å²) in [4.78, 5) is 23.6. The van der Waals surface area contributed by atoms with E-state index >= 15 is 0 Å². The van der Waals surface area contributed by atoms with Crippen LogP contribution in [-0.4, -0.2) is 25.8 Å². The number of ether oxygens (including phenoxy) is 3. The zero-order valence-electron chi connectivity index (χ0n) is 14.4. The van der Waals surface area contributed by atoms with Gasteiger partial charge in [-0.05, 0) is 41.3 Å². The van der Waals surface area contributed by atoms with E-state index in [1.54, 1.807) is 14.0 Å². The second kappa shape index (κ2) is 7.81. The van der Waals surface area contributed by atoms with E-state index < -0.39 is 18.0 Å². The summed E-state index contributed by atoms with van der Waals surface area (Å²) in [7, 11) is 1.62. The monoisotopic (exact) mass is 330 g/mol. The quantitative estimate of drug-likeness (QED) is 0.604. The Bertz CT molecular complexity index is 736. The molecule has 0 saturated carbocycles. The Morgan fingerprint density at radius 2 is 1.67 bits per heavy atom. The molecule has 2 aromatic rings. The molecule has 0 aliphatic rings. The number of esters is 1. The van der Waals surface area contributed by atoms with Crippen molar-refractivity contribution in [3.05, 3.63) is 42.0 Å². The Morgan fingerprint density at radius 3 is 2.33 bits per heavy atom. The Kier molecular flexibility index (Phi) is 5.79. The molecule has 5 heteroatoms. The molecular weight excluding hydrogens is 308 g/mol. The first-order chi connectivity index (χ1) is 11.4. The van der Waals surface area contributed by atoms with Crippen LogP contribution in [-0.2, 0) is 14.3 Å². The zero-order chi connectivity index (χ0) is 17.7. The van der Waals surface area contributed by atoms with Gasteiger partial charge in [0.1, 0.15) is 5.75 Å². The fraction of sp³-hybridized carbons (Fsp3) is 0.368. The van der Waals surface area contributed by atoms with Crippen molar-refractivity contribution < 1.29 is 23.8 Å². The minimum absolute atomic E-state index is 0.183. The summed E-state index contributed by atoms with van der Waals surface area (Å²) in [6.07, 6.45) is -0.953. The van der Waals surface area contributed by atoms with Gasteiger partial charge in [-0.1, -0.05) is 38.1 Å². The van der Waals surface area contributed by atoms with Gasteiger partial charge >= 0.3 is 12.1 Å². The zero-order valence-corrected chi connectivity index (χ0v) is 14.4. The van der Waals surface area contributed by atoms with Crippen LogP contribution in [0.1, 0.15) is 32.3 Å². The number of carbonyl (C=O) groups excluding carboxylic acids is 2. The molecule has 128 valence electrons. The fourth-order valence-corrected chi connectivity index (χ4v) is 2.21. The van der Waals surface area contributed by atoms with E-state index in [0.29, 0.717) is 0 Å². The summed E-state index contributed by atoms with van der Waals surface area (Å²) in [6, 6.07) is 11.4. The van der Waals surface area contributed by atoms with Crippen LogP contribution in [0.4, 0.5) is 4.79 Å². The first-order valence-corrected chi connectivity index (χ1v) is 7.87. The van der Waals surface area contributed by atoms with Gasteiger partial charge in [-0.25, -0.2) is 4.79 Å². The minimum atomic E-state index is -0.953. The molecule has 0 aromatic heterocycles. The van der Waals surface area contributed by atoms with Crippen LogP contribution in [0.5, 0.6) is 5.75 Å². The standard InChI is InChI=1S/C19H22O5/c1-12(2)11-23-19(21)24-18(20)13(3)14-5-6-16-10-17(22-4)8-7-15(16)9-14/h5-10,12-13H,11H2,1-4H3/t13-/m0/s1. The number of hydrogen-bond acceptors (Lipinski definition) is 5. The maximum atomic E-state index is 12.1.